The van der Waals surface area contributed by atoms with Crippen molar-refractivity contribution >= 4 is 16.8 Å². The lowest BCUT2D eigenvalue weighted by molar-refractivity contribution is -0.125. The van der Waals surface area contributed by atoms with Crippen LogP contribution in [0, 0.1) is 5.92 Å². The van der Waals surface area contributed by atoms with Crippen molar-refractivity contribution < 1.29 is 14.3 Å². The molecule has 1 aliphatic carbocycles. The summed E-state index contributed by atoms with van der Waals surface area (Å²) in [5, 5.41) is 3.61. The number of allylic oxidation sites excluding steroid dienone is 2. The quantitative estimate of drug-likeness (QED) is 0.558. The number of carbonyl (C=O) groups is 1. The molecule has 1 heterocycles. The van der Waals surface area contributed by atoms with E-state index in [0.29, 0.717) is 54.0 Å². The molecule has 0 saturated heterocycles. The first-order chi connectivity index (χ1) is 15.6. The molecule has 0 unspecified atom stereocenters. The van der Waals surface area contributed by atoms with E-state index in [0.717, 1.165) is 5.56 Å². The summed E-state index contributed by atoms with van der Waals surface area (Å²) in [7, 11) is 3.20. The number of benzene rings is 2. The van der Waals surface area contributed by atoms with Gasteiger partial charge in [0.25, 0.3) is 5.56 Å². The number of aromatic amines is 1. The number of methoxy groups -OCH3 is 2. The van der Waals surface area contributed by atoms with Crippen LogP contribution in [0.25, 0.3) is 10.9 Å². The first-order valence-corrected chi connectivity index (χ1v) is 10.7. The van der Waals surface area contributed by atoms with Gasteiger partial charge in [-0.3, -0.25) is 9.59 Å². The lowest BCUT2D eigenvalue weighted by Crippen LogP contribution is -2.37. The van der Waals surface area contributed by atoms with Crippen LogP contribution in [-0.4, -0.2) is 36.6 Å². The summed E-state index contributed by atoms with van der Waals surface area (Å²) in [4.78, 5) is 33.1. The van der Waals surface area contributed by atoms with Crippen molar-refractivity contribution in [1.29, 1.82) is 0 Å². The average Bonchev–Trinajstić information content (AvgIpc) is 2.83. The van der Waals surface area contributed by atoms with E-state index in [1.165, 1.54) is 0 Å². The zero-order valence-corrected chi connectivity index (χ0v) is 18.3. The molecule has 2 aromatic carbocycles. The summed E-state index contributed by atoms with van der Waals surface area (Å²) >= 11 is 0. The van der Waals surface area contributed by atoms with Crippen LogP contribution in [0.5, 0.6) is 11.5 Å². The second kappa shape index (κ2) is 9.68. The molecule has 0 bridgehead atoms. The molecule has 1 amide bonds. The Labute approximate surface area is 186 Å². The number of rotatable bonds is 7. The van der Waals surface area contributed by atoms with Crippen LogP contribution in [0.3, 0.4) is 0 Å². The molecule has 0 saturated carbocycles. The first kappa shape index (κ1) is 21.6. The van der Waals surface area contributed by atoms with Gasteiger partial charge in [-0.15, -0.1) is 0 Å². The molecule has 166 valence electrons. The van der Waals surface area contributed by atoms with E-state index < -0.39 is 0 Å². The lowest BCUT2D eigenvalue weighted by atomic mass is 9.81. The number of amides is 1. The van der Waals surface area contributed by atoms with E-state index in [2.05, 4.69) is 15.3 Å². The summed E-state index contributed by atoms with van der Waals surface area (Å²) in [6.45, 7) is 0.503. The highest BCUT2D eigenvalue weighted by Crippen LogP contribution is 2.33. The molecule has 3 aromatic rings. The molecule has 0 aliphatic heterocycles. The Kier molecular flexibility index (Phi) is 6.54. The van der Waals surface area contributed by atoms with Crippen LogP contribution in [0.2, 0.25) is 0 Å². The van der Waals surface area contributed by atoms with Crippen molar-refractivity contribution in [3.63, 3.8) is 0 Å². The van der Waals surface area contributed by atoms with Crippen molar-refractivity contribution in [2.75, 3.05) is 20.8 Å². The van der Waals surface area contributed by atoms with E-state index in [9.17, 15) is 9.59 Å². The summed E-state index contributed by atoms with van der Waals surface area (Å²) in [5.41, 5.74) is 1.52. The fraction of sp³-hybridized carbons (Fsp3) is 0.320. The lowest BCUT2D eigenvalue weighted by Gasteiger charge is -2.27. The molecule has 7 nitrogen and oxygen atoms in total. The highest BCUT2D eigenvalue weighted by atomic mass is 16.5. The molecule has 7 heteroatoms. The average molecular weight is 434 g/mol. The molecule has 2 N–H and O–H groups in total. The predicted octanol–water partition coefficient (Wildman–Crippen LogP) is 3.35. The Morgan fingerprint density at radius 1 is 1.09 bits per heavy atom. The monoisotopic (exact) mass is 433 g/mol. The SMILES string of the molecule is COc1ccc(CCNC(=O)[C@H]2CC=CC[C@H]2c2nc3ccccc3c(=O)[nH]2)cc1OC. The first-order valence-electron chi connectivity index (χ1n) is 10.7. The Morgan fingerprint density at radius 3 is 2.69 bits per heavy atom. The number of fused-ring (bicyclic) bond motifs is 1. The minimum Gasteiger partial charge on any atom is -0.493 e. The molecule has 1 aromatic heterocycles. The van der Waals surface area contributed by atoms with Gasteiger partial charge in [0.05, 0.1) is 31.0 Å². The van der Waals surface area contributed by atoms with Crippen molar-refractivity contribution in [3.8, 4) is 11.5 Å². The maximum Gasteiger partial charge on any atom is 0.258 e. The molecule has 1 aliphatic rings. The van der Waals surface area contributed by atoms with Gasteiger partial charge < -0.3 is 19.8 Å². The smallest absolute Gasteiger partial charge is 0.258 e. The summed E-state index contributed by atoms with van der Waals surface area (Å²) < 4.78 is 10.6. The van der Waals surface area contributed by atoms with Crippen LogP contribution in [-0.2, 0) is 11.2 Å². The third-order valence-electron chi connectivity index (χ3n) is 5.91. The van der Waals surface area contributed by atoms with Gasteiger partial charge in [-0.2, -0.15) is 0 Å². The maximum absolute atomic E-state index is 13.0. The number of nitrogens with zero attached hydrogens (tertiary/aromatic N) is 1. The fourth-order valence-corrected chi connectivity index (χ4v) is 4.18. The molecule has 0 fully saturated rings. The van der Waals surface area contributed by atoms with Crippen LogP contribution >= 0.6 is 0 Å². The van der Waals surface area contributed by atoms with E-state index in [1.54, 1.807) is 20.3 Å². The predicted molar refractivity (Wildman–Crippen MR) is 123 cm³/mol. The van der Waals surface area contributed by atoms with E-state index in [4.69, 9.17) is 9.47 Å². The minimum atomic E-state index is -0.283. The van der Waals surface area contributed by atoms with Crippen molar-refractivity contribution in [1.82, 2.24) is 15.3 Å². The van der Waals surface area contributed by atoms with Crippen molar-refractivity contribution in [2.24, 2.45) is 5.92 Å². The molecular weight excluding hydrogens is 406 g/mol. The third-order valence-corrected chi connectivity index (χ3v) is 5.91. The summed E-state index contributed by atoms with van der Waals surface area (Å²) in [6, 6.07) is 13.0. The normalized spacial score (nSPS) is 17.8. The Hall–Kier alpha value is -3.61. The Balaban J connectivity index is 1.46. The van der Waals surface area contributed by atoms with Gasteiger partial charge in [-0.1, -0.05) is 30.4 Å². The van der Waals surface area contributed by atoms with Crippen LogP contribution in [0.1, 0.15) is 30.1 Å². The standard InChI is InChI=1S/C25H27N3O4/c1-31-21-12-11-16(15-22(21)32-2)13-14-26-24(29)18-8-4-3-7-17(18)23-27-20-10-6-5-9-19(20)25(30)28-23/h3-6,9-12,15,17-18H,7-8,13-14H2,1-2H3,(H,26,29)(H,27,28,30)/t17-,18+/m1/s1. The molecule has 4 rings (SSSR count). The van der Waals surface area contributed by atoms with Gasteiger partial charge in [0.2, 0.25) is 5.91 Å². The second-order valence-electron chi connectivity index (χ2n) is 7.85. The largest absolute Gasteiger partial charge is 0.493 e. The minimum absolute atomic E-state index is 0.0318. The number of nitrogens with one attached hydrogen (secondary N) is 2. The van der Waals surface area contributed by atoms with Gasteiger partial charge in [0.1, 0.15) is 5.82 Å². The summed E-state index contributed by atoms with van der Waals surface area (Å²) in [6.07, 6.45) is 6.02. The highest BCUT2D eigenvalue weighted by molar-refractivity contribution is 5.80. The molecule has 32 heavy (non-hydrogen) atoms. The van der Waals surface area contributed by atoms with Crippen LogP contribution in [0.15, 0.2) is 59.4 Å². The molecule has 0 spiro atoms. The molecule has 2 atom stereocenters. The number of carbonyl (C=O) groups excluding carboxylic acids is 1. The topological polar surface area (TPSA) is 93.3 Å². The number of ether oxygens (including phenoxy) is 2. The van der Waals surface area contributed by atoms with Gasteiger partial charge in [-0.25, -0.2) is 4.98 Å². The van der Waals surface area contributed by atoms with Gasteiger partial charge >= 0.3 is 0 Å². The highest BCUT2D eigenvalue weighted by Gasteiger charge is 2.31. The fourth-order valence-electron chi connectivity index (χ4n) is 4.18. The van der Waals surface area contributed by atoms with E-state index in [1.807, 2.05) is 48.6 Å². The zero-order chi connectivity index (χ0) is 22.5. The Bertz CT molecular complexity index is 1200. The maximum atomic E-state index is 13.0. The molecular formula is C25H27N3O4. The number of H-pyrrole nitrogens is 1. The van der Waals surface area contributed by atoms with Gasteiger partial charge in [0, 0.05) is 12.5 Å². The molecule has 0 radical (unpaired) electrons. The van der Waals surface area contributed by atoms with Crippen LogP contribution < -0.4 is 20.3 Å². The van der Waals surface area contributed by atoms with Gasteiger partial charge in [-0.05, 0) is 49.1 Å². The van der Waals surface area contributed by atoms with Gasteiger partial charge in [0.15, 0.2) is 11.5 Å². The number of aromatic nitrogens is 2. The third kappa shape index (κ3) is 4.51. The van der Waals surface area contributed by atoms with Crippen molar-refractivity contribution in [2.45, 2.75) is 25.2 Å². The number of para-hydroxylation sites is 1. The zero-order valence-electron chi connectivity index (χ0n) is 18.3. The van der Waals surface area contributed by atoms with Crippen LogP contribution in [0.4, 0.5) is 0 Å². The van der Waals surface area contributed by atoms with Crippen molar-refractivity contribution in [3.05, 3.63) is 76.4 Å². The van der Waals surface area contributed by atoms with E-state index in [-0.39, 0.29) is 23.3 Å². The number of hydrogen-bond donors (Lipinski definition) is 2. The number of hydrogen-bond acceptors (Lipinski definition) is 5. The summed E-state index contributed by atoms with van der Waals surface area (Å²) in [5.74, 6) is 1.43. The second-order valence-corrected chi connectivity index (χ2v) is 7.85. The van der Waals surface area contributed by atoms with E-state index >= 15 is 0 Å². The Morgan fingerprint density at radius 2 is 1.88 bits per heavy atom.